The van der Waals surface area contributed by atoms with Gasteiger partial charge in [0.25, 0.3) is 0 Å². The van der Waals surface area contributed by atoms with Crippen molar-refractivity contribution in [3.63, 3.8) is 0 Å². The summed E-state index contributed by atoms with van der Waals surface area (Å²) in [5.41, 5.74) is 2.83. The summed E-state index contributed by atoms with van der Waals surface area (Å²) in [7, 11) is 0. The van der Waals surface area contributed by atoms with Crippen molar-refractivity contribution in [2.24, 2.45) is 0 Å². The third-order valence-electron chi connectivity index (χ3n) is 1.71. The number of hydrogen-bond donors (Lipinski definition) is 1. The SMILES string of the molecule is Cc1cc(CCl)cc(C)c1O. The molecule has 0 aliphatic carbocycles. The van der Waals surface area contributed by atoms with Gasteiger partial charge in [0.2, 0.25) is 0 Å². The number of alkyl halides is 1. The summed E-state index contributed by atoms with van der Waals surface area (Å²) in [5.74, 6) is 0.876. The van der Waals surface area contributed by atoms with E-state index in [0.29, 0.717) is 11.6 Å². The van der Waals surface area contributed by atoms with Gasteiger partial charge in [0.1, 0.15) is 5.75 Å². The summed E-state index contributed by atoms with van der Waals surface area (Å²) < 4.78 is 0. The largest absolute Gasteiger partial charge is 0.507 e. The highest BCUT2D eigenvalue weighted by Crippen LogP contribution is 2.23. The zero-order valence-electron chi connectivity index (χ0n) is 6.69. The summed E-state index contributed by atoms with van der Waals surface area (Å²) in [6.45, 7) is 3.75. The quantitative estimate of drug-likeness (QED) is 0.643. The molecule has 0 fully saturated rings. The fraction of sp³-hybridized carbons (Fsp3) is 0.333. The fourth-order valence-electron chi connectivity index (χ4n) is 1.12. The predicted octanol–water partition coefficient (Wildman–Crippen LogP) is 2.75. The first-order valence-corrected chi connectivity index (χ1v) is 4.03. The number of aromatic hydroxyl groups is 1. The molecule has 0 unspecified atom stereocenters. The summed E-state index contributed by atoms with van der Waals surface area (Å²) in [6.07, 6.45) is 0. The Bertz CT molecular complexity index is 245. The van der Waals surface area contributed by atoms with E-state index in [1.54, 1.807) is 0 Å². The first-order chi connectivity index (χ1) is 5.15. The molecule has 0 aliphatic heterocycles. The van der Waals surface area contributed by atoms with Crippen molar-refractivity contribution in [2.45, 2.75) is 19.7 Å². The highest BCUT2D eigenvalue weighted by Gasteiger charge is 2.01. The molecule has 0 heterocycles. The van der Waals surface area contributed by atoms with Gasteiger partial charge in [0, 0.05) is 5.88 Å². The van der Waals surface area contributed by atoms with E-state index < -0.39 is 0 Å². The third kappa shape index (κ3) is 1.66. The highest BCUT2D eigenvalue weighted by atomic mass is 35.5. The van der Waals surface area contributed by atoms with Crippen molar-refractivity contribution < 1.29 is 5.11 Å². The van der Waals surface area contributed by atoms with Gasteiger partial charge in [-0.1, -0.05) is 12.1 Å². The van der Waals surface area contributed by atoms with Crippen molar-refractivity contribution in [1.29, 1.82) is 0 Å². The van der Waals surface area contributed by atoms with Gasteiger partial charge in [-0.05, 0) is 30.5 Å². The summed E-state index contributed by atoms with van der Waals surface area (Å²) in [4.78, 5) is 0. The van der Waals surface area contributed by atoms with Crippen LogP contribution in [-0.2, 0) is 5.88 Å². The van der Waals surface area contributed by atoms with Crippen LogP contribution in [0.5, 0.6) is 5.75 Å². The van der Waals surface area contributed by atoms with Gasteiger partial charge in [-0.2, -0.15) is 0 Å². The molecule has 0 radical (unpaired) electrons. The number of phenolic OH excluding ortho intramolecular Hbond substituents is 1. The molecule has 1 N–H and O–H groups in total. The van der Waals surface area contributed by atoms with Crippen LogP contribution in [0.25, 0.3) is 0 Å². The molecule has 0 amide bonds. The number of aryl methyl sites for hydroxylation is 2. The van der Waals surface area contributed by atoms with Crippen molar-refractivity contribution in [3.05, 3.63) is 28.8 Å². The number of rotatable bonds is 1. The Morgan fingerprint density at radius 2 is 1.73 bits per heavy atom. The minimum absolute atomic E-state index is 0.374. The second-order valence-corrected chi connectivity index (χ2v) is 2.98. The van der Waals surface area contributed by atoms with Gasteiger partial charge in [0.15, 0.2) is 0 Å². The first kappa shape index (κ1) is 8.41. The topological polar surface area (TPSA) is 20.2 Å². The Kier molecular flexibility index (Phi) is 2.40. The fourth-order valence-corrected chi connectivity index (χ4v) is 1.28. The first-order valence-electron chi connectivity index (χ1n) is 3.50. The molecule has 1 nitrogen and oxygen atoms in total. The maximum Gasteiger partial charge on any atom is 0.121 e. The van der Waals surface area contributed by atoms with Crippen LogP contribution in [0.2, 0.25) is 0 Å². The molecular formula is C9H11ClO. The number of hydrogen-bond acceptors (Lipinski definition) is 1. The monoisotopic (exact) mass is 170 g/mol. The van der Waals surface area contributed by atoms with Crippen LogP contribution in [0.15, 0.2) is 12.1 Å². The van der Waals surface area contributed by atoms with Crippen LogP contribution in [-0.4, -0.2) is 5.11 Å². The second-order valence-electron chi connectivity index (χ2n) is 2.71. The molecule has 0 aliphatic rings. The average Bonchev–Trinajstić information content (AvgIpc) is 1.99. The Labute approximate surface area is 71.6 Å². The predicted molar refractivity (Wildman–Crippen MR) is 47.1 cm³/mol. The zero-order valence-corrected chi connectivity index (χ0v) is 7.44. The molecule has 0 bridgehead atoms. The molecule has 1 rings (SSSR count). The van der Waals surface area contributed by atoms with Crippen LogP contribution in [0, 0.1) is 13.8 Å². The number of benzene rings is 1. The zero-order chi connectivity index (χ0) is 8.43. The lowest BCUT2D eigenvalue weighted by atomic mass is 10.1. The molecule has 1 aromatic rings. The van der Waals surface area contributed by atoms with Crippen molar-refractivity contribution >= 4 is 11.6 Å². The molecule has 11 heavy (non-hydrogen) atoms. The summed E-state index contributed by atoms with van der Waals surface area (Å²) in [5, 5.41) is 9.38. The number of phenols is 1. The van der Waals surface area contributed by atoms with Crippen LogP contribution >= 0.6 is 11.6 Å². The second kappa shape index (κ2) is 3.14. The number of halogens is 1. The normalized spacial score (nSPS) is 10.1. The molecule has 2 heteroatoms. The van der Waals surface area contributed by atoms with Gasteiger partial charge >= 0.3 is 0 Å². The van der Waals surface area contributed by atoms with Crippen molar-refractivity contribution in [3.8, 4) is 5.75 Å². The van der Waals surface area contributed by atoms with Gasteiger partial charge in [-0.15, -0.1) is 11.6 Å². The lowest BCUT2D eigenvalue weighted by molar-refractivity contribution is 0.466. The molecule has 60 valence electrons. The highest BCUT2D eigenvalue weighted by molar-refractivity contribution is 6.17. The van der Waals surface area contributed by atoms with Crippen molar-refractivity contribution in [2.75, 3.05) is 0 Å². The van der Waals surface area contributed by atoms with Crippen LogP contribution in [0.3, 0.4) is 0 Å². The van der Waals surface area contributed by atoms with E-state index in [4.69, 9.17) is 11.6 Å². The van der Waals surface area contributed by atoms with Gasteiger partial charge < -0.3 is 5.11 Å². The minimum atomic E-state index is 0.374. The minimum Gasteiger partial charge on any atom is -0.507 e. The van der Waals surface area contributed by atoms with Crippen molar-refractivity contribution in [1.82, 2.24) is 0 Å². The lowest BCUT2D eigenvalue weighted by Crippen LogP contribution is -1.84. The molecule has 1 aromatic carbocycles. The van der Waals surface area contributed by atoms with E-state index in [0.717, 1.165) is 16.7 Å². The molecule has 0 atom stereocenters. The summed E-state index contributed by atoms with van der Waals surface area (Å²) >= 11 is 5.64. The lowest BCUT2D eigenvalue weighted by Gasteiger charge is -2.04. The Morgan fingerprint density at radius 1 is 1.27 bits per heavy atom. The Hall–Kier alpha value is -0.690. The van der Waals surface area contributed by atoms with Crippen LogP contribution in [0.1, 0.15) is 16.7 Å². The van der Waals surface area contributed by atoms with E-state index in [-0.39, 0.29) is 0 Å². The maximum absolute atomic E-state index is 9.38. The van der Waals surface area contributed by atoms with Gasteiger partial charge in [0.05, 0.1) is 0 Å². The van der Waals surface area contributed by atoms with Gasteiger partial charge in [-0.25, -0.2) is 0 Å². The molecule has 0 saturated carbocycles. The maximum atomic E-state index is 9.38. The molecule has 0 spiro atoms. The van der Waals surface area contributed by atoms with E-state index >= 15 is 0 Å². The average molecular weight is 171 g/mol. The summed E-state index contributed by atoms with van der Waals surface area (Å²) in [6, 6.07) is 3.80. The van der Waals surface area contributed by atoms with Crippen LogP contribution in [0.4, 0.5) is 0 Å². The molecule has 0 saturated heterocycles. The van der Waals surface area contributed by atoms with E-state index in [1.165, 1.54) is 0 Å². The Morgan fingerprint density at radius 3 is 2.09 bits per heavy atom. The Balaban J connectivity index is 3.21. The van der Waals surface area contributed by atoms with E-state index in [9.17, 15) is 5.11 Å². The smallest absolute Gasteiger partial charge is 0.121 e. The van der Waals surface area contributed by atoms with Crippen LogP contribution < -0.4 is 0 Å². The standard InChI is InChI=1S/C9H11ClO/c1-6-3-8(5-10)4-7(2)9(6)11/h3-4,11H,5H2,1-2H3. The third-order valence-corrected chi connectivity index (χ3v) is 2.01. The van der Waals surface area contributed by atoms with E-state index in [2.05, 4.69) is 0 Å². The van der Waals surface area contributed by atoms with Gasteiger partial charge in [-0.3, -0.25) is 0 Å². The van der Waals surface area contributed by atoms with E-state index in [1.807, 2.05) is 26.0 Å². The molecule has 0 aromatic heterocycles. The molecular weight excluding hydrogens is 160 g/mol.